The lowest BCUT2D eigenvalue weighted by Crippen LogP contribution is -2.28. The molecule has 0 saturated carbocycles. The van der Waals surface area contributed by atoms with Gasteiger partial charge in [-0.3, -0.25) is 5.84 Å². The Kier molecular flexibility index (Phi) is 3.02. The number of rotatable bonds is 3. The van der Waals surface area contributed by atoms with Crippen LogP contribution in [0.1, 0.15) is 16.7 Å². The van der Waals surface area contributed by atoms with Gasteiger partial charge in [0.1, 0.15) is 11.8 Å². The summed E-state index contributed by atoms with van der Waals surface area (Å²) in [5, 5.41) is 2.01. The predicted molar refractivity (Wildman–Crippen MR) is 59.9 cm³/mol. The molecule has 0 saturated heterocycles. The fourth-order valence-electron chi connectivity index (χ4n) is 1.25. The first-order valence-corrected chi connectivity index (χ1v) is 5.72. The van der Waals surface area contributed by atoms with Gasteiger partial charge >= 0.3 is 0 Å². The molecule has 2 rings (SSSR count). The van der Waals surface area contributed by atoms with Crippen LogP contribution >= 0.6 is 27.3 Å². The Morgan fingerprint density at radius 1 is 1.50 bits per heavy atom. The van der Waals surface area contributed by atoms with Crippen LogP contribution in [0.3, 0.4) is 0 Å². The number of hydrazine groups is 1. The Morgan fingerprint density at radius 3 is 2.86 bits per heavy atom. The van der Waals surface area contributed by atoms with E-state index in [2.05, 4.69) is 21.4 Å². The van der Waals surface area contributed by atoms with E-state index in [1.54, 1.807) is 17.6 Å². The maximum absolute atomic E-state index is 5.50. The number of hydrogen-bond donors (Lipinski definition) is 2. The van der Waals surface area contributed by atoms with Gasteiger partial charge in [-0.25, -0.2) is 5.43 Å². The van der Waals surface area contributed by atoms with Gasteiger partial charge in [0.25, 0.3) is 0 Å². The first-order chi connectivity index (χ1) is 6.83. The van der Waals surface area contributed by atoms with E-state index in [1.165, 1.54) is 0 Å². The summed E-state index contributed by atoms with van der Waals surface area (Å²) < 4.78 is 6.35. The minimum absolute atomic E-state index is 0.0839. The van der Waals surface area contributed by atoms with Crippen LogP contribution in [0.2, 0.25) is 0 Å². The lowest BCUT2D eigenvalue weighted by molar-refractivity contribution is 0.455. The third kappa shape index (κ3) is 1.76. The molecule has 1 atom stereocenters. The number of furan rings is 1. The normalized spacial score (nSPS) is 13.0. The molecule has 0 radical (unpaired) electrons. The zero-order valence-corrected chi connectivity index (χ0v) is 9.64. The van der Waals surface area contributed by atoms with Gasteiger partial charge in [-0.05, 0) is 39.5 Å². The van der Waals surface area contributed by atoms with E-state index in [0.717, 1.165) is 15.1 Å². The number of hydrogen-bond acceptors (Lipinski definition) is 4. The van der Waals surface area contributed by atoms with E-state index in [0.29, 0.717) is 0 Å². The highest BCUT2D eigenvalue weighted by atomic mass is 79.9. The van der Waals surface area contributed by atoms with E-state index >= 15 is 0 Å². The molecule has 2 heterocycles. The molecule has 0 spiro atoms. The Hall–Kier alpha value is -0.620. The van der Waals surface area contributed by atoms with Crippen molar-refractivity contribution in [3.63, 3.8) is 0 Å². The van der Waals surface area contributed by atoms with Gasteiger partial charge in [0.05, 0.1) is 6.26 Å². The van der Waals surface area contributed by atoms with Crippen molar-refractivity contribution in [3.8, 4) is 0 Å². The molecule has 74 valence electrons. The number of thiophene rings is 1. The molecular weight excluding hydrogens is 264 g/mol. The van der Waals surface area contributed by atoms with Crippen LogP contribution < -0.4 is 11.3 Å². The van der Waals surface area contributed by atoms with E-state index in [4.69, 9.17) is 10.3 Å². The van der Waals surface area contributed by atoms with Gasteiger partial charge in [0.2, 0.25) is 0 Å². The highest BCUT2D eigenvalue weighted by Gasteiger charge is 2.18. The highest BCUT2D eigenvalue weighted by Crippen LogP contribution is 2.32. The molecule has 2 aromatic heterocycles. The van der Waals surface area contributed by atoms with Crippen LogP contribution in [0.4, 0.5) is 0 Å². The fourth-order valence-corrected chi connectivity index (χ4v) is 2.92. The molecule has 3 N–H and O–H groups in total. The van der Waals surface area contributed by atoms with E-state index in [-0.39, 0.29) is 6.04 Å². The summed E-state index contributed by atoms with van der Waals surface area (Å²) >= 11 is 5.10. The third-order valence-corrected chi connectivity index (χ3v) is 3.84. The van der Waals surface area contributed by atoms with Crippen LogP contribution in [-0.4, -0.2) is 0 Å². The van der Waals surface area contributed by atoms with Crippen LogP contribution in [0.25, 0.3) is 0 Å². The number of nitrogens with two attached hydrogens (primary N) is 1. The van der Waals surface area contributed by atoms with Gasteiger partial charge in [-0.15, -0.1) is 11.3 Å². The molecule has 0 aliphatic heterocycles. The Balaban J connectivity index is 2.36. The zero-order valence-electron chi connectivity index (χ0n) is 7.24. The summed E-state index contributed by atoms with van der Waals surface area (Å²) in [5.41, 5.74) is 2.73. The Labute approximate surface area is 94.0 Å². The predicted octanol–water partition coefficient (Wildman–Crippen LogP) is 2.66. The van der Waals surface area contributed by atoms with Gasteiger partial charge < -0.3 is 4.42 Å². The summed E-state index contributed by atoms with van der Waals surface area (Å²) in [5.74, 6) is 6.32. The lowest BCUT2D eigenvalue weighted by atomic mass is 10.2. The molecule has 14 heavy (non-hydrogen) atoms. The Bertz CT molecular complexity index is 399. The van der Waals surface area contributed by atoms with Gasteiger partial charge in [-0.1, -0.05) is 0 Å². The molecule has 0 amide bonds. The summed E-state index contributed by atoms with van der Waals surface area (Å²) in [7, 11) is 0. The van der Waals surface area contributed by atoms with E-state index in [1.807, 2.05) is 23.6 Å². The van der Waals surface area contributed by atoms with Crippen molar-refractivity contribution in [2.45, 2.75) is 6.04 Å². The van der Waals surface area contributed by atoms with Crippen LogP contribution in [0, 0.1) is 0 Å². The molecule has 0 aliphatic rings. The first-order valence-electron chi connectivity index (χ1n) is 4.05. The summed E-state index contributed by atoms with van der Waals surface area (Å²) in [6.45, 7) is 0. The average molecular weight is 273 g/mol. The van der Waals surface area contributed by atoms with E-state index in [9.17, 15) is 0 Å². The average Bonchev–Trinajstić information content (AvgIpc) is 2.80. The topological polar surface area (TPSA) is 51.2 Å². The van der Waals surface area contributed by atoms with Crippen molar-refractivity contribution in [2.24, 2.45) is 5.84 Å². The van der Waals surface area contributed by atoms with Crippen molar-refractivity contribution >= 4 is 27.3 Å². The molecule has 5 heteroatoms. The second-order valence-electron chi connectivity index (χ2n) is 2.75. The Morgan fingerprint density at radius 2 is 2.36 bits per heavy atom. The first kappa shape index (κ1) is 9.92. The van der Waals surface area contributed by atoms with Crippen LogP contribution in [-0.2, 0) is 0 Å². The van der Waals surface area contributed by atoms with Crippen LogP contribution in [0.15, 0.2) is 38.7 Å². The summed E-state index contributed by atoms with van der Waals surface area (Å²) in [4.78, 5) is 1.11. The molecule has 3 nitrogen and oxygen atoms in total. The zero-order chi connectivity index (χ0) is 9.97. The molecule has 0 bridgehead atoms. The van der Waals surface area contributed by atoms with Gasteiger partial charge in [0, 0.05) is 9.35 Å². The van der Waals surface area contributed by atoms with Crippen molar-refractivity contribution in [1.29, 1.82) is 0 Å². The summed E-state index contributed by atoms with van der Waals surface area (Å²) in [6, 6.07) is 5.66. The molecule has 1 unspecified atom stereocenters. The summed E-state index contributed by atoms with van der Waals surface area (Å²) in [6.07, 6.45) is 1.64. The second-order valence-corrected chi connectivity index (χ2v) is 4.55. The molecule has 0 aliphatic carbocycles. The third-order valence-electron chi connectivity index (χ3n) is 1.90. The number of halogens is 1. The molecule has 0 fully saturated rings. The number of nitrogens with one attached hydrogen (secondary N) is 1. The van der Waals surface area contributed by atoms with Crippen molar-refractivity contribution in [2.75, 3.05) is 0 Å². The minimum Gasteiger partial charge on any atom is -0.467 e. The van der Waals surface area contributed by atoms with E-state index < -0.39 is 0 Å². The molecular formula is C9H9BrN2OS. The quantitative estimate of drug-likeness (QED) is 0.667. The standard InChI is InChI=1S/C9H9BrN2OS/c10-6-3-5-14-9(6)8(12-11)7-2-1-4-13-7/h1-5,8,12H,11H2. The SMILES string of the molecule is NNC(c1ccco1)c1sccc1Br. The maximum atomic E-state index is 5.50. The largest absolute Gasteiger partial charge is 0.467 e. The monoisotopic (exact) mass is 272 g/mol. The van der Waals surface area contributed by atoms with Gasteiger partial charge in [0.15, 0.2) is 0 Å². The van der Waals surface area contributed by atoms with Crippen molar-refractivity contribution < 1.29 is 4.42 Å². The van der Waals surface area contributed by atoms with Crippen molar-refractivity contribution in [3.05, 3.63) is 45.0 Å². The van der Waals surface area contributed by atoms with Crippen molar-refractivity contribution in [1.82, 2.24) is 5.43 Å². The highest BCUT2D eigenvalue weighted by molar-refractivity contribution is 9.10. The molecule has 0 aromatic carbocycles. The lowest BCUT2D eigenvalue weighted by Gasteiger charge is -2.11. The smallest absolute Gasteiger partial charge is 0.127 e. The molecule has 2 aromatic rings. The second kappa shape index (κ2) is 4.27. The van der Waals surface area contributed by atoms with Crippen LogP contribution in [0.5, 0.6) is 0 Å². The maximum Gasteiger partial charge on any atom is 0.127 e. The fraction of sp³-hybridized carbons (Fsp3) is 0.111. The van der Waals surface area contributed by atoms with Gasteiger partial charge in [-0.2, -0.15) is 0 Å². The minimum atomic E-state index is -0.0839.